The van der Waals surface area contributed by atoms with Crippen molar-refractivity contribution in [1.82, 2.24) is 20.1 Å². The fraction of sp³-hybridized carbons (Fsp3) is 0.600. The van der Waals surface area contributed by atoms with Crippen LogP contribution < -0.4 is 4.90 Å². The van der Waals surface area contributed by atoms with Gasteiger partial charge in [-0.05, 0) is 69.2 Å². The smallest absolute Gasteiger partial charge is 0.128 e. The zero-order valence-corrected chi connectivity index (χ0v) is 15.1. The molecule has 1 saturated heterocycles. The standard InChI is InChI=1S/C20H29N5/c1-2-8-18-17(7-1)19(23-22-18)9-4-6-12-24-13-15-25(16-14-24)20-10-3-5-11-21-20/h3,5,10-11H,1-2,4,6-9,12-16H2,(H,22,23). The van der Waals surface area contributed by atoms with Crippen molar-refractivity contribution in [2.75, 3.05) is 37.6 Å². The maximum absolute atomic E-state index is 4.57. The van der Waals surface area contributed by atoms with E-state index in [4.69, 9.17) is 0 Å². The van der Waals surface area contributed by atoms with E-state index in [1.165, 1.54) is 62.0 Å². The normalized spacial score (nSPS) is 18.3. The Kier molecular flexibility index (Phi) is 5.31. The first-order valence-electron chi connectivity index (χ1n) is 9.83. The highest BCUT2D eigenvalue weighted by atomic mass is 15.3. The Bertz CT molecular complexity index is 658. The Morgan fingerprint density at radius 3 is 2.72 bits per heavy atom. The van der Waals surface area contributed by atoms with Crippen LogP contribution >= 0.6 is 0 Å². The SMILES string of the molecule is c1ccc(N2CCN(CCCCc3n[nH]c4c3CCCC4)CC2)nc1. The van der Waals surface area contributed by atoms with Gasteiger partial charge in [-0.1, -0.05) is 6.07 Å². The van der Waals surface area contributed by atoms with Gasteiger partial charge in [0.1, 0.15) is 5.82 Å². The molecule has 0 spiro atoms. The number of unbranched alkanes of at least 4 members (excludes halogenated alkanes) is 1. The molecule has 0 saturated carbocycles. The average Bonchev–Trinajstić information content (AvgIpc) is 3.10. The van der Waals surface area contributed by atoms with Gasteiger partial charge in [-0.25, -0.2) is 4.98 Å². The monoisotopic (exact) mass is 339 g/mol. The van der Waals surface area contributed by atoms with Crippen LogP contribution in [0.15, 0.2) is 24.4 Å². The summed E-state index contributed by atoms with van der Waals surface area (Å²) < 4.78 is 0. The summed E-state index contributed by atoms with van der Waals surface area (Å²) >= 11 is 0. The van der Waals surface area contributed by atoms with Crippen molar-refractivity contribution in [2.24, 2.45) is 0 Å². The van der Waals surface area contributed by atoms with Gasteiger partial charge in [-0.15, -0.1) is 0 Å². The highest BCUT2D eigenvalue weighted by Crippen LogP contribution is 2.23. The summed E-state index contributed by atoms with van der Waals surface area (Å²) in [6.07, 6.45) is 10.6. The van der Waals surface area contributed by atoms with Gasteiger partial charge in [-0.2, -0.15) is 5.10 Å². The van der Waals surface area contributed by atoms with Crippen molar-refractivity contribution < 1.29 is 0 Å². The van der Waals surface area contributed by atoms with E-state index in [1.54, 1.807) is 0 Å². The van der Waals surface area contributed by atoms with Crippen molar-refractivity contribution in [2.45, 2.75) is 44.9 Å². The lowest BCUT2D eigenvalue weighted by molar-refractivity contribution is 0.252. The number of piperazine rings is 1. The minimum atomic E-state index is 1.09. The molecule has 0 unspecified atom stereocenters. The molecule has 0 radical (unpaired) electrons. The minimum absolute atomic E-state index is 1.09. The van der Waals surface area contributed by atoms with Crippen molar-refractivity contribution in [1.29, 1.82) is 0 Å². The van der Waals surface area contributed by atoms with E-state index in [-0.39, 0.29) is 0 Å². The topological polar surface area (TPSA) is 48.0 Å². The molecule has 1 N–H and O–H groups in total. The van der Waals surface area contributed by atoms with E-state index >= 15 is 0 Å². The number of pyridine rings is 1. The van der Waals surface area contributed by atoms with Crippen molar-refractivity contribution in [3.63, 3.8) is 0 Å². The molecule has 0 amide bonds. The second-order valence-corrected chi connectivity index (χ2v) is 7.31. The molecule has 1 fully saturated rings. The summed E-state index contributed by atoms with van der Waals surface area (Å²) in [6.45, 7) is 5.68. The van der Waals surface area contributed by atoms with E-state index in [2.05, 4.69) is 37.1 Å². The largest absolute Gasteiger partial charge is 0.354 e. The molecule has 0 bridgehead atoms. The first kappa shape index (κ1) is 16.6. The Labute approximate surface area is 150 Å². The zero-order valence-electron chi connectivity index (χ0n) is 15.1. The van der Waals surface area contributed by atoms with Gasteiger partial charge in [0.25, 0.3) is 0 Å². The summed E-state index contributed by atoms with van der Waals surface area (Å²) in [4.78, 5) is 9.46. The first-order valence-corrected chi connectivity index (χ1v) is 9.83. The summed E-state index contributed by atoms with van der Waals surface area (Å²) in [5.41, 5.74) is 4.29. The van der Waals surface area contributed by atoms with Crippen LogP contribution in [0.25, 0.3) is 0 Å². The van der Waals surface area contributed by atoms with E-state index in [1.807, 2.05) is 12.3 Å². The quantitative estimate of drug-likeness (QED) is 0.822. The molecule has 25 heavy (non-hydrogen) atoms. The fourth-order valence-corrected chi connectivity index (χ4v) is 4.13. The van der Waals surface area contributed by atoms with Crippen molar-refractivity contribution in [3.8, 4) is 0 Å². The third-order valence-corrected chi connectivity index (χ3v) is 5.63. The van der Waals surface area contributed by atoms with Gasteiger partial charge in [0.2, 0.25) is 0 Å². The molecule has 2 aromatic rings. The summed E-state index contributed by atoms with van der Waals surface area (Å²) in [5, 5.41) is 7.84. The van der Waals surface area contributed by atoms with Crippen LogP contribution in [0, 0.1) is 0 Å². The molecule has 2 aliphatic rings. The molecule has 3 heterocycles. The molecule has 4 rings (SSSR count). The Morgan fingerprint density at radius 2 is 1.88 bits per heavy atom. The third-order valence-electron chi connectivity index (χ3n) is 5.63. The van der Waals surface area contributed by atoms with Gasteiger partial charge in [0, 0.05) is 38.1 Å². The van der Waals surface area contributed by atoms with Crippen LogP contribution in [0.2, 0.25) is 0 Å². The number of aromatic amines is 1. The molecule has 5 heteroatoms. The minimum Gasteiger partial charge on any atom is -0.354 e. The van der Waals surface area contributed by atoms with Crippen LogP contribution in [0.5, 0.6) is 0 Å². The highest BCUT2D eigenvalue weighted by Gasteiger charge is 2.18. The molecule has 5 nitrogen and oxygen atoms in total. The number of nitrogens with one attached hydrogen (secondary N) is 1. The summed E-state index contributed by atoms with van der Waals surface area (Å²) in [6, 6.07) is 6.17. The molecule has 1 aliphatic heterocycles. The van der Waals surface area contributed by atoms with Gasteiger partial charge in [-0.3, -0.25) is 10.00 Å². The predicted octanol–water partition coefficient (Wildman–Crippen LogP) is 2.83. The Hall–Kier alpha value is -1.88. The van der Waals surface area contributed by atoms with Gasteiger partial charge in [0.15, 0.2) is 0 Å². The van der Waals surface area contributed by atoms with E-state index < -0.39 is 0 Å². The number of aromatic nitrogens is 3. The number of aryl methyl sites for hydroxylation is 2. The number of rotatable bonds is 6. The van der Waals surface area contributed by atoms with Crippen LogP contribution in [-0.2, 0) is 19.3 Å². The fourth-order valence-electron chi connectivity index (χ4n) is 4.13. The summed E-state index contributed by atoms with van der Waals surface area (Å²) in [5.74, 6) is 1.12. The number of H-pyrrole nitrogens is 1. The Morgan fingerprint density at radius 1 is 1.00 bits per heavy atom. The van der Waals surface area contributed by atoms with Gasteiger partial charge < -0.3 is 4.90 Å². The predicted molar refractivity (Wildman–Crippen MR) is 101 cm³/mol. The van der Waals surface area contributed by atoms with Crippen molar-refractivity contribution in [3.05, 3.63) is 41.3 Å². The van der Waals surface area contributed by atoms with E-state index in [0.29, 0.717) is 0 Å². The molecule has 134 valence electrons. The molecule has 2 aromatic heterocycles. The zero-order chi connectivity index (χ0) is 16.9. The maximum atomic E-state index is 4.57. The number of anilines is 1. The lowest BCUT2D eigenvalue weighted by atomic mass is 9.94. The number of hydrogen-bond acceptors (Lipinski definition) is 4. The molecule has 0 aromatic carbocycles. The highest BCUT2D eigenvalue weighted by molar-refractivity contribution is 5.38. The Balaban J connectivity index is 1.17. The van der Waals surface area contributed by atoms with Crippen LogP contribution in [0.4, 0.5) is 5.82 Å². The maximum Gasteiger partial charge on any atom is 0.128 e. The lowest BCUT2D eigenvalue weighted by Crippen LogP contribution is -2.46. The van der Waals surface area contributed by atoms with E-state index in [0.717, 1.165) is 38.4 Å². The van der Waals surface area contributed by atoms with Gasteiger partial charge in [0.05, 0.1) is 5.69 Å². The van der Waals surface area contributed by atoms with E-state index in [9.17, 15) is 0 Å². The molecule has 1 aliphatic carbocycles. The third kappa shape index (κ3) is 4.03. The van der Waals surface area contributed by atoms with Crippen LogP contribution in [0.3, 0.4) is 0 Å². The second-order valence-electron chi connectivity index (χ2n) is 7.31. The van der Waals surface area contributed by atoms with Crippen LogP contribution in [-0.4, -0.2) is 52.8 Å². The summed E-state index contributed by atoms with van der Waals surface area (Å²) in [7, 11) is 0. The van der Waals surface area contributed by atoms with Crippen molar-refractivity contribution >= 4 is 5.82 Å². The van der Waals surface area contributed by atoms with Gasteiger partial charge >= 0.3 is 0 Å². The number of fused-ring (bicyclic) bond motifs is 1. The molecular weight excluding hydrogens is 310 g/mol. The molecule has 0 atom stereocenters. The number of hydrogen-bond donors (Lipinski definition) is 1. The second kappa shape index (κ2) is 8.00. The molecular formula is C20H29N5. The number of nitrogens with zero attached hydrogens (tertiary/aromatic N) is 4. The first-order chi connectivity index (χ1) is 12.4. The lowest BCUT2D eigenvalue weighted by Gasteiger charge is -2.35. The average molecular weight is 339 g/mol. The van der Waals surface area contributed by atoms with Crippen LogP contribution in [0.1, 0.15) is 42.6 Å².